The summed E-state index contributed by atoms with van der Waals surface area (Å²) in [5.41, 5.74) is 1.47. The van der Waals surface area contributed by atoms with Gasteiger partial charge in [0.15, 0.2) is 0 Å². The second-order valence-electron chi connectivity index (χ2n) is 7.50. The molecule has 0 unspecified atom stereocenters. The zero-order valence-electron chi connectivity index (χ0n) is 13.7. The smallest absolute Gasteiger partial charge is 0.317 e. The highest BCUT2D eigenvalue weighted by Gasteiger charge is 2.43. The van der Waals surface area contributed by atoms with Crippen LogP contribution in [0.4, 0.5) is 4.79 Å². The fourth-order valence-corrected chi connectivity index (χ4v) is 4.21. The molecule has 1 aromatic rings. The Morgan fingerprint density at radius 1 is 1.26 bits per heavy atom. The Kier molecular flexibility index (Phi) is 4.02. The van der Waals surface area contributed by atoms with Crippen molar-refractivity contribution in [3.05, 3.63) is 35.9 Å². The minimum atomic E-state index is 0.106. The molecule has 2 amide bonds. The van der Waals surface area contributed by atoms with E-state index in [1.54, 1.807) is 0 Å². The molecule has 0 bridgehead atoms. The summed E-state index contributed by atoms with van der Waals surface area (Å²) < 4.78 is 5.57. The van der Waals surface area contributed by atoms with Crippen molar-refractivity contribution >= 4 is 6.03 Å². The number of rotatable bonds is 3. The molecule has 2 aliphatic heterocycles. The molecule has 3 aliphatic rings. The first-order valence-electron chi connectivity index (χ1n) is 8.94. The largest absolute Gasteiger partial charge is 0.381 e. The van der Waals surface area contributed by atoms with Crippen molar-refractivity contribution in [2.45, 2.75) is 38.1 Å². The van der Waals surface area contributed by atoms with E-state index in [-0.39, 0.29) is 17.5 Å². The molecule has 0 aromatic heterocycles. The monoisotopic (exact) mass is 314 g/mol. The number of nitrogens with one attached hydrogen (secondary N) is 1. The van der Waals surface area contributed by atoms with E-state index in [0.29, 0.717) is 5.92 Å². The summed E-state index contributed by atoms with van der Waals surface area (Å²) >= 11 is 0. The van der Waals surface area contributed by atoms with Gasteiger partial charge in [0, 0.05) is 25.1 Å². The van der Waals surface area contributed by atoms with Gasteiger partial charge in [0.2, 0.25) is 0 Å². The van der Waals surface area contributed by atoms with E-state index in [4.69, 9.17) is 4.74 Å². The molecular weight excluding hydrogens is 288 g/mol. The summed E-state index contributed by atoms with van der Waals surface area (Å²) in [5.74, 6) is 0.590. The minimum absolute atomic E-state index is 0.106. The molecule has 2 atom stereocenters. The number of carbonyl (C=O) groups excluding carboxylic acids is 1. The van der Waals surface area contributed by atoms with Crippen LogP contribution in [0.3, 0.4) is 0 Å². The average Bonchev–Trinajstić information content (AvgIpc) is 3.16. The summed E-state index contributed by atoms with van der Waals surface area (Å²) in [4.78, 5) is 14.8. The first-order valence-corrected chi connectivity index (χ1v) is 8.94. The maximum atomic E-state index is 12.8. The lowest BCUT2D eigenvalue weighted by molar-refractivity contribution is 0.150. The third kappa shape index (κ3) is 2.97. The maximum Gasteiger partial charge on any atom is 0.317 e. The number of urea groups is 1. The van der Waals surface area contributed by atoms with Gasteiger partial charge >= 0.3 is 6.03 Å². The highest BCUT2D eigenvalue weighted by Crippen LogP contribution is 2.40. The molecule has 2 saturated heterocycles. The first kappa shape index (κ1) is 15.0. The SMILES string of the molecule is O=C(N[C@@H](c1ccccc1)C1CCC1)N1CC[C@@]2(CCOC2)C1. The van der Waals surface area contributed by atoms with Gasteiger partial charge in [0.1, 0.15) is 0 Å². The summed E-state index contributed by atoms with van der Waals surface area (Å²) in [6.45, 7) is 3.39. The number of hydrogen-bond donors (Lipinski definition) is 1. The summed E-state index contributed by atoms with van der Waals surface area (Å²) in [6.07, 6.45) is 5.91. The topological polar surface area (TPSA) is 41.6 Å². The number of carbonyl (C=O) groups is 1. The summed E-state index contributed by atoms with van der Waals surface area (Å²) in [6, 6.07) is 10.7. The maximum absolute atomic E-state index is 12.8. The molecule has 23 heavy (non-hydrogen) atoms. The van der Waals surface area contributed by atoms with E-state index in [2.05, 4.69) is 29.6 Å². The van der Waals surface area contributed by atoms with Gasteiger partial charge in [-0.3, -0.25) is 0 Å². The fourth-order valence-electron chi connectivity index (χ4n) is 4.21. The van der Waals surface area contributed by atoms with E-state index in [1.807, 2.05) is 11.0 Å². The Balaban J connectivity index is 1.43. The molecule has 4 rings (SSSR count). The van der Waals surface area contributed by atoms with Crippen molar-refractivity contribution in [2.24, 2.45) is 11.3 Å². The van der Waals surface area contributed by atoms with Gasteiger partial charge in [-0.1, -0.05) is 36.8 Å². The van der Waals surface area contributed by atoms with Crippen LogP contribution in [0.1, 0.15) is 43.7 Å². The molecule has 1 aliphatic carbocycles. The number of ether oxygens (including phenoxy) is 1. The van der Waals surface area contributed by atoms with Crippen LogP contribution in [0.15, 0.2) is 30.3 Å². The van der Waals surface area contributed by atoms with Gasteiger partial charge in [-0.2, -0.15) is 0 Å². The quantitative estimate of drug-likeness (QED) is 0.929. The average molecular weight is 314 g/mol. The molecule has 4 nitrogen and oxygen atoms in total. The van der Waals surface area contributed by atoms with Gasteiger partial charge in [0.05, 0.1) is 12.6 Å². The normalized spacial score (nSPS) is 28.8. The molecule has 1 aromatic carbocycles. The standard InChI is InChI=1S/C19H26N2O2/c22-18(21-11-9-19(13-21)10-12-23-14-19)20-17(16-7-4-8-16)15-5-2-1-3-6-15/h1-3,5-6,16-17H,4,7-14H2,(H,20,22)/t17-,19+/m0/s1. The number of likely N-dealkylation sites (tertiary alicyclic amines) is 1. The lowest BCUT2D eigenvalue weighted by Crippen LogP contribution is -2.44. The number of amides is 2. The van der Waals surface area contributed by atoms with Crippen molar-refractivity contribution in [1.82, 2.24) is 10.2 Å². The molecule has 2 heterocycles. The Labute approximate surface area is 138 Å². The van der Waals surface area contributed by atoms with E-state index < -0.39 is 0 Å². The minimum Gasteiger partial charge on any atom is -0.381 e. The number of nitrogens with zero attached hydrogens (tertiary/aromatic N) is 1. The highest BCUT2D eigenvalue weighted by atomic mass is 16.5. The lowest BCUT2D eigenvalue weighted by Gasteiger charge is -2.35. The third-order valence-electron chi connectivity index (χ3n) is 5.97. The molecule has 0 radical (unpaired) electrons. The lowest BCUT2D eigenvalue weighted by atomic mass is 9.77. The molecular formula is C19H26N2O2. The van der Waals surface area contributed by atoms with E-state index in [0.717, 1.165) is 39.1 Å². The van der Waals surface area contributed by atoms with Gasteiger partial charge in [-0.25, -0.2) is 4.79 Å². The predicted octanol–water partition coefficient (Wildman–Crippen LogP) is 3.35. The van der Waals surface area contributed by atoms with Crippen molar-refractivity contribution in [3.63, 3.8) is 0 Å². The Morgan fingerprint density at radius 2 is 2.09 bits per heavy atom. The van der Waals surface area contributed by atoms with E-state index >= 15 is 0 Å². The number of benzene rings is 1. The van der Waals surface area contributed by atoms with Crippen LogP contribution in [0.5, 0.6) is 0 Å². The molecule has 1 saturated carbocycles. The van der Waals surface area contributed by atoms with Crippen LogP contribution in [-0.4, -0.2) is 37.2 Å². The molecule has 1 spiro atoms. The van der Waals surface area contributed by atoms with Gasteiger partial charge < -0.3 is 15.0 Å². The second-order valence-corrected chi connectivity index (χ2v) is 7.50. The van der Waals surface area contributed by atoms with Crippen LogP contribution < -0.4 is 5.32 Å². The Morgan fingerprint density at radius 3 is 2.74 bits per heavy atom. The fraction of sp³-hybridized carbons (Fsp3) is 0.632. The molecule has 124 valence electrons. The third-order valence-corrected chi connectivity index (χ3v) is 5.97. The van der Waals surface area contributed by atoms with E-state index in [1.165, 1.54) is 24.8 Å². The van der Waals surface area contributed by atoms with Gasteiger partial charge in [-0.05, 0) is 37.2 Å². The second kappa shape index (κ2) is 6.16. The van der Waals surface area contributed by atoms with Crippen molar-refractivity contribution in [1.29, 1.82) is 0 Å². The zero-order chi connectivity index (χ0) is 15.7. The van der Waals surface area contributed by atoms with Crippen LogP contribution in [0.2, 0.25) is 0 Å². The number of hydrogen-bond acceptors (Lipinski definition) is 2. The van der Waals surface area contributed by atoms with Crippen LogP contribution in [0, 0.1) is 11.3 Å². The van der Waals surface area contributed by atoms with Crippen molar-refractivity contribution in [3.8, 4) is 0 Å². The van der Waals surface area contributed by atoms with E-state index in [9.17, 15) is 4.79 Å². The summed E-state index contributed by atoms with van der Waals surface area (Å²) in [5, 5.41) is 3.33. The van der Waals surface area contributed by atoms with Crippen LogP contribution >= 0.6 is 0 Å². The summed E-state index contributed by atoms with van der Waals surface area (Å²) in [7, 11) is 0. The predicted molar refractivity (Wildman–Crippen MR) is 89.1 cm³/mol. The molecule has 1 N–H and O–H groups in total. The first-order chi connectivity index (χ1) is 11.3. The highest BCUT2D eigenvalue weighted by molar-refractivity contribution is 5.75. The Bertz CT molecular complexity index is 550. The van der Waals surface area contributed by atoms with Crippen LogP contribution in [0.25, 0.3) is 0 Å². The molecule has 3 fully saturated rings. The van der Waals surface area contributed by atoms with Crippen molar-refractivity contribution < 1.29 is 9.53 Å². The van der Waals surface area contributed by atoms with Gasteiger partial charge in [-0.15, -0.1) is 0 Å². The Hall–Kier alpha value is -1.55. The van der Waals surface area contributed by atoms with Crippen molar-refractivity contribution in [2.75, 3.05) is 26.3 Å². The zero-order valence-corrected chi connectivity index (χ0v) is 13.7. The molecule has 4 heteroatoms. The van der Waals surface area contributed by atoms with Gasteiger partial charge in [0.25, 0.3) is 0 Å². The van der Waals surface area contributed by atoms with Crippen LogP contribution in [-0.2, 0) is 4.74 Å².